The fraction of sp³-hybridized carbons (Fsp3) is 0.368. The van der Waals surface area contributed by atoms with Gasteiger partial charge in [0.25, 0.3) is 5.89 Å². The highest BCUT2D eigenvalue weighted by atomic mass is 32.1. The van der Waals surface area contributed by atoms with E-state index in [0.717, 1.165) is 16.9 Å². The predicted octanol–water partition coefficient (Wildman–Crippen LogP) is 5.73. The number of nitrogens with zero attached hydrogens (tertiary/aromatic N) is 2. The van der Waals surface area contributed by atoms with Crippen molar-refractivity contribution >= 4 is 11.3 Å². The number of hydrogen-bond acceptors (Lipinski definition) is 4. The van der Waals surface area contributed by atoms with Crippen LogP contribution in [-0.2, 0) is 6.42 Å². The maximum atomic E-state index is 5.48. The molecule has 2 heterocycles. The molecular formula is C19H22N2OS. The van der Waals surface area contributed by atoms with E-state index >= 15 is 0 Å². The van der Waals surface area contributed by atoms with Crippen molar-refractivity contribution in [2.45, 2.75) is 47.0 Å². The molecule has 4 heteroatoms. The molecule has 0 aliphatic heterocycles. The van der Waals surface area contributed by atoms with Crippen LogP contribution in [0.25, 0.3) is 22.2 Å². The molecule has 0 amide bonds. The Morgan fingerprint density at radius 1 is 1.09 bits per heavy atom. The van der Waals surface area contributed by atoms with Crippen LogP contribution >= 0.6 is 11.3 Å². The van der Waals surface area contributed by atoms with Gasteiger partial charge in [0, 0.05) is 10.4 Å². The van der Waals surface area contributed by atoms with E-state index in [1.165, 1.54) is 34.4 Å². The van der Waals surface area contributed by atoms with Crippen molar-refractivity contribution in [1.82, 2.24) is 10.1 Å². The molecule has 120 valence electrons. The van der Waals surface area contributed by atoms with Crippen molar-refractivity contribution in [3.8, 4) is 22.2 Å². The molecule has 0 atom stereocenters. The van der Waals surface area contributed by atoms with Crippen molar-refractivity contribution < 1.29 is 4.52 Å². The lowest BCUT2D eigenvalue weighted by molar-refractivity contribution is 0.433. The molecule has 0 unspecified atom stereocenters. The monoisotopic (exact) mass is 326 g/mol. The fourth-order valence-corrected chi connectivity index (χ4v) is 3.56. The van der Waals surface area contributed by atoms with Crippen LogP contribution in [0.4, 0.5) is 0 Å². The minimum absolute atomic E-state index is 0.614. The zero-order chi connectivity index (χ0) is 16.4. The first-order chi connectivity index (χ1) is 11.1. The van der Waals surface area contributed by atoms with Crippen molar-refractivity contribution in [3.05, 3.63) is 45.8 Å². The van der Waals surface area contributed by atoms with Crippen LogP contribution in [0.5, 0.6) is 0 Å². The molecule has 0 radical (unpaired) electrons. The van der Waals surface area contributed by atoms with E-state index in [1.54, 1.807) is 11.3 Å². The maximum Gasteiger partial charge on any atom is 0.268 e. The molecule has 0 bridgehead atoms. The summed E-state index contributed by atoms with van der Waals surface area (Å²) < 4.78 is 5.48. The van der Waals surface area contributed by atoms with Gasteiger partial charge in [0.2, 0.25) is 5.82 Å². The molecule has 0 aliphatic rings. The molecule has 0 spiro atoms. The van der Waals surface area contributed by atoms with Crippen LogP contribution in [0.15, 0.2) is 28.8 Å². The first-order valence-corrected chi connectivity index (χ1v) is 8.91. The van der Waals surface area contributed by atoms with Gasteiger partial charge in [-0.3, -0.25) is 0 Å². The Balaban J connectivity index is 1.87. The largest absolute Gasteiger partial charge is 0.333 e. The van der Waals surface area contributed by atoms with Gasteiger partial charge < -0.3 is 4.52 Å². The van der Waals surface area contributed by atoms with Gasteiger partial charge in [-0.15, -0.1) is 11.3 Å². The van der Waals surface area contributed by atoms with Crippen LogP contribution in [0, 0.1) is 20.8 Å². The third-order valence-electron chi connectivity index (χ3n) is 4.26. The van der Waals surface area contributed by atoms with Crippen LogP contribution in [-0.4, -0.2) is 10.1 Å². The highest BCUT2D eigenvalue weighted by Gasteiger charge is 2.14. The Bertz CT molecular complexity index is 793. The van der Waals surface area contributed by atoms with Crippen molar-refractivity contribution in [2.75, 3.05) is 0 Å². The number of aryl methyl sites for hydroxylation is 3. The van der Waals surface area contributed by atoms with Crippen LogP contribution in [0.3, 0.4) is 0 Å². The first-order valence-electron chi connectivity index (χ1n) is 8.09. The molecule has 0 aliphatic carbocycles. The Labute approximate surface area is 141 Å². The number of rotatable bonds is 5. The van der Waals surface area contributed by atoms with E-state index in [4.69, 9.17) is 4.52 Å². The SMILES string of the molecule is CCCCc1ccc(-c2nc(-c3cc(C)c(C)c(C)c3)no2)s1. The Hall–Kier alpha value is -1.94. The Morgan fingerprint density at radius 2 is 1.83 bits per heavy atom. The molecule has 3 rings (SSSR count). The number of unbranched alkanes of at least 4 members (excludes halogenated alkanes) is 1. The van der Waals surface area contributed by atoms with Gasteiger partial charge in [-0.2, -0.15) is 4.98 Å². The van der Waals surface area contributed by atoms with Crippen molar-refractivity contribution in [2.24, 2.45) is 0 Å². The molecule has 0 N–H and O–H groups in total. The lowest BCUT2D eigenvalue weighted by Gasteiger charge is -2.06. The maximum absolute atomic E-state index is 5.48. The van der Waals surface area contributed by atoms with Gasteiger partial charge in [-0.05, 0) is 74.6 Å². The van der Waals surface area contributed by atoms with Crippen LogP contribution in [0.1, 0.15) is 41.3 Å². The summed E-state index contributed by atoms with van der Waals surface area (Å²) in [4.78, 5) is 7.02. The second-order valence-corrected chi connectivity index (χ2v) is 7.20. The highest BCUT2D eigenvalue weighted by Crippen LogP contribution is 2.30. The number of aromatic nitrogens is 2. The lowest BCUT2D eigenvalue weighted by Crippen LogP contribution is -1.89. The van der Waals surface area contributed by atoms with Gasteiger partial charge in [0.1, 0.15) is 0 Å². The van der Waals surface area contributed by atoms with Crippen molar-refractivity contribution in [3.63, 3.8) is 0 Å². The third kappa shape index (κ3) is 3.37. The molecule has 2 aromatic heterocycles. The van der Waals surface area contributed by atoms with Gasteiger partial charge in [-0.1, -0.05) is 18.5 Å². The van der Waals surface area contributed by atoms with E-state index in [-0.39, 0.29) is 0 Å². The number of benzene rings is 1. The second-order valence-electron chi connectivity index (χ2n) is 6.03. The average molecular weight is 326 g/mol. The van der Waals surface area contributed by atoms with Crippen LogP contribution < -0.4 is 0 Å². The zero-order valence-electron chi connectivity index (χ0n) is 14.1. The topological polar surface area (TPSA) is 38.9 Å². The van der Waals surface area contributed by atoms with Gasteiger partial charge in [0.05, 0.1) is 4.88 Å². The summed E-state index contributed by atoms with van der Waals surface area (Å²) in [7, 11) is 0. The average Bonchev–Trinajstić information content (AvgIpc) is 3.18. The molecule has 1 aromatic carbocycles. The minimum Gasteiger partial charge on any atom is -0.333 e. The molecular weight excluding hydrogens is 304 g/mol. The standard InChI is InChI=1S/C19H22N2OS/c1-5-6-7-16-8-9-17(23-16)19-20-18(21-22-19)15-10-12(2)14(4)13(3)11-15/h8-11H,5-7H2,1-4H3. The molecule has 0 saturated heterocycles. The fourth-order valence-electron chi connectivity index (χ4n) is 2.58. The van der Waals surface area contributed by atoms with E-state index in [2.05, 4.69) is 62.1 Å². The van der Waals surface area contributed by atoms with E-state index < -0.39 is 0 Å². The Morgan fingerprint density at radius 3 is 2.52 bits per heavy atom. The van der Waals surface area contributed by atoms with Gasteiger partial charge in [0.15, 0.2) is 0 Å². The summed E-state index contributed by atoms with van der Waals surface area (Å²) in [5, 5.41) is 4.17. The quantitative estimate of drug-likeness (QED) is 0.600. The minimum atomic E-state index is 0.614. The molecule has 3 nitrogen and oxygen atoms in total. The third-order valence-corrected chi connectivity index (χ3v) is 5.39. The van der Waals surface area contributed by atoms with Crippen LogP contribution in [0.2, 0.25) is 0 Å². The smallest absolute Gasteiger partial charge is 0.268 e. The summed E-state index contributed by atoms with van der Waals surface area (Å²) in [5.74, 6) is 1.28. The zero-order valence-corrected chi connectivity index (χ0v) is 15.0. The summed E-state index contributed by atoms with van der Waals surface area (Å²) in [6.07, 6.45) is 3.56. The van der Waals surface area contributed by atoms with Gasteiger partial charge >= 0.3 is 0 Å². The molecule has 3 aromatic rings. The van der Waals surface area contributed by atoms with E-state index in [9.17, 15) is 0 Å². The molecule has 0 fully saturated rings. The summed E-state index contributed by atoms with van der Waals surface area (Å²) in [6, 6.07) is 8.49. The predicted molar refractivity (Wildman–Crippen MR) is 95.9 cm³/mol. The lowest BCUT2D eigenvalue weighted by atomic mass is 10.0. The first kappa shape index (κ1) is 15.9. The van der Waals surface area contributed by atoms with E-state index in [1.807, 2.05) is 0 Å². The number of hydrogen-bond donors (Lipinski definition) is 0. The highest BCUT2D eigenvalue weighted by molar-refractivity contribution is 7.15. The second kappa shape index (κ2) is 6.67. The molecule has 0 saturated carbocycles. The normalized spacial score (nSPS) is 11.1. The summed E-state index contributed by atoms with van der Waals surface area (Å²) >= 11 is 1.75. The van der Waals surface area contributed by atoms with Crippen molar-refractivity contribution in [1.29, 1.82) is 0 Å². The Kier molecular flexibility index (Phi) is 4.62. The summed E-state index contributed by atoms with van der Waals surface area (Å²) in [6.45, 7) is 8.59. The van der Waals surface area contributed by atoms with Gasteiger partial charge in [-0.25, -0.2) is 0 Å². The molecule has 23 heavy (non-hydrogen) atoms. The summed E-state index contributed by atoms with van der Waals surface area (Å²) in [5.41, 5.74) is 4.84. The van der Waals surface area contributed by atoms with E-state index in [0.29, 0.717) is 11.7 Å². The number of thiophene rings is 1.